The van der Waals surface area contributed by atoms with E-state index in [1.807, 2.05) is 30.3 Å². The Hall–Kier alpha value is -2.89. The highest BCUT2D eigenvalue weighted by molar-refractivity contribution is 6.04. The molecule has 22 heavy (non-hydrogen) atoms. The number of amides is 1. The van der Waals surface area contributed by atoms with Gasteiger partial charge in [0.15, 0.2) is 5.69 Å². The smallest absolute Gasteiger partial charge is 0.276 e. The quantitative estimate of drug-likeness (QED) is 0.788. The van der Waals surface area contributed by atoms with Gasteiger partial charge in [-0.1, -0.05) is 6.07 Å². The Morgan fingerprint density at radius 3 is 3.14 bits per heavy atom. The predicted molar refractivity (Wildman–Crippen MR) is 82.0 cm³/mol. The molecule has 0 radical (unpaired) electrons. The Morgan fingerprint density at radius 2 is 2.23 bits per heavy atom. The van der Waals surface area contributed by atoms with E-state index >= 15 is 0 Å². The highest BCUT2D eigenvalue weighted by atomic mass is 16.5. The molecule has 1 amide bonds. The molecular formula is C16H14N4O2. The van der Waals surface area contributed by atoms with Crippen LogP contribution in [0.1, 0.15) is 16.9 Å². The molecule has 1 N–H and O–H groups in total. The van der Waals surface area contributed by atoms with Gasteiger partial charge in [0.05, 0.1) is 12.1 Å². The molecule has 0 bridgehead atoms. The molecule has 6 nitrogen and oxygen atoms in total. The minimum Gasteiger partial charge on any atom is -0.478 e. The van der Waals surface area contributed by atoms with Crippen molar-refractivity contribution in [3.63, 3.8) is 0 Å². The highest BCUT2D eigenvalue weighted by Crippen LogP contribution is 2.20. The molecule has 2 aromatic heterocycles. The number of hydrogen-bond donors (Lipinski definition) is 1. The van der Waals surface area contributed by atoms with Gasteiger partial charge in [-0.05, 0) is 24.3 Å². The lowest BCUT2D eigenvalue weighted by Crippen LogP contribution is -2.16. The fourth-order valence-electron chi connectivity index (χ4n) is 2.53. The molecule has 1 aliphatic heterocycles. The molecule has 6 heteroatoms. The Labute approximate surface area is 126 Å². The van der Waals surface area contributed by atoms with Crippen molar-refractivity contribution in [3.05, 3.63) is 48.3 Å². The molecule has 0 atom stereocenters. The summed E-state index contributed by atoms with van der Waals surface area (Å²) >= 11 is 0. The van der Waals surface area contributed by atoms with E-state index in [1.54, 1.807) is 16.9 Å². The van der Waals surface area contributed by atoms with Crippen LogP contribution in [-0.2, 0) is 6.54 Å². The second kappa shape index (κ2) is 5.14. The molecule has 0 unspecified atom stereocenters. The Kier molecular flexibility index (Phi) is 3.00. The van der Waals surface area contributed by atoms with Crippen molar-refractivity contribution in [1.82, 2.24) is 14.8 Å². The van der Waals surface area contributed by atoms with Gasteiger partial charge in [0.2, 0.25) is 5.88 Å². The number of hydrogen-bond acceptors (Lipinski definition) is 4. The summed E-state index contributed by atoms with van der Waals surface area (Å²) in [4.78, 5) is 16.6. The zero-order chi connectivity index (χ0) is 14.9. The van der Waals surface area contributed by atoms with Crippen molar-refractivity contribution in [3.8, 4) is 5.88 Å². The van der Waals surface area contributed by atoms with Gasteiger partial charge in [-0.3, -0.25) is 9.78 Å². The van der Waals surface area contributed by atoms with Gasteiger partial charge in [-0.2, -0.15) is 5.10 Å². The van der Waals surface area contributed by atoms with Crippen LogP contribution in [0.15, 0.2) is 42.6 Å². The van der Waals surface area contributed by atoms with E-state index in [2.05, 4.69) is 15.4 Å². The first-order valence-corrected chi connectivity index (χ1v) is 7.16. The number of nitrogens with zero attached hydrogens (tertiary/aromatic N) is 3. The molecule has 0 aliphatic carbocycles. The van der Waals surface area contributed by atoms with Crippen molar-refractivity contribution in [1.29, 1.82) is 0 Å². The summed E-state index contributed by atoms with van der Waals surface area (Å²) in [7, 11) is 0. The van der Waals surface area contributed by atoms with Crippen molar-refractivity contribution in [2.75, 3.05) is 11.9 Å². The third-order valence-corrected chi connectivity index (χ3v) is 3.60. The molecule has 3 heterocycles. The van der Waals surface area contributed by atoms with Crippen molar-refractivity contribution in [2.45, 2.75) is 13.0 Å². The van der Waals surface area contributed by atoms with Crippen LogP contribution in [0.4, 0.5) is 5.69 Å². The molecule has 0 saturated heterocycles. The maximum absolute atomic E-state index is 12.3. The molecular weight excluding hydrogens is 280 g/mol. The summed E-state index contributed by atoms with van der Waals surface area (Å²) < 4.78 is 7.20. The number of carbonyl (C=O) groups is 1. The van der Waals surface area contributed by atoms with Gasteiger partial charge in [0.1, 0.15) is 0 Å². The highest BCUT2D eigenvalue weighted by Gasteiger charge is 2.18. The van der Waals surface area contributed by atoms with Crippen LogP contribution >= 0.6 is 0 Å². The monoisotopic (exact) mass is 294 g/mol. The van der Waals surface area contributed by atoms with Gasteiger partial charge >= 0.3 is 0 Å². The number of benzene rings is 1. The minimum atomic E-state index is -0.242. The summed E-state index contributed by atoms with van der Waals surface area (Å²) in [5.41, 5.74) is 1.98. The number of carbonyl (C=O) groups excluding carboxylic acids is 1. The summed E-state index contributed by atoms with van der Waals surface area (Å²) in [6, 6.07) is 11.1. The van der Waals surface area contributed by atoms with Crippen molar-refractivity contribution >= 4 is 22.5 Å². The number of rotatable bonds is 2. The second-order valence-corrected chi connectivity index (χ2v) is 5.16. The van der Waals surface area contributed by atoms with Crippen LogP contribution in [0, 0.1) is 0 Å². The summed E-state index contributed by atoms with van der Waals surface area (Å²) in [5, 5.41) is 8.12. The average Bonchev–Trinajstić information content (AvgIpc) is 2.99. The van der Waals surface area contributed by atoms with Gasteiger partial charge in [-0.25, -0.2) is 4.68 Å². The molecule has 0 spiro atoms. The molecule has 4 rings (SSSR count). The van der Waals surface area contributed by atoms with E-state index in [0.29, 0.717) is 18.2 Å². The van der Waals surface area contributed by atoms with Crippen molar-refractivity contribution in [2.24, 2.45) is 0 Å². The topological polar surface area (TPSA) is 69.0 Å². The zero-order valence-corrected chi connectivity index (χ0v) is 11.8. The van der Waals surface area contributed by atoms with Crippen LogP contribution in [-0.4, -0.2) is 27.3 Å². The van der Waals surface area contributed by atoms with E-state index in [9.17, 15) is 4.79 Å². The lowest BCUT2D eigenvalue weighted by Gasteiger charge is -2.13. The summed E-state index contributed by atoms with van der Waals surface area (Å²) in [5.74, 6) is 0.410. The molecule has 0 saturated carbocycles. The lowest BCUT2D eigenvalue weighted by molar-refractivity contribution is 0.102. The number of aryl methyl sites for hydroxylation is 1. The van der Waals surface area contributed by atoms with Crippen LogP contribution in [0.2, 0.25) is 0 Å². The lowest BCUT2D eigenvalue weighted by atomic mass is 10.2. The molecule has 110 valence electrons. The number of fused-ring (bicyclic) bond motifs is 2. The third-order valence-electron chi connectivity index (χ3n) is 3.60. The van der Waals surface area contributed by atoms with Crippen molar-refractivity contribution < 1.29 is 9.53 Å². The summed E-state index contributed by atoms with van der Waals surface area (Å²) in [6.45, 7) is 1.45. The molecule has 1 aromatic carbocycles. The first-order chi connectivity index (χ1) is 10.8. The molecule has 3 aromatic rings. The van der Waals surface area contributed by atoms with E-state index in [0.717, 1.165) is 29.6 Å². The van der Waals surface area contributed by atoms with E-state index in [-0.39, 0.29) is 5.91 Å². The number of pyridine rings is 1. The molecule has 0 fully saturated rings. The Bertz CT molecular complexity index is 833. The first kappa shape index (κ1) is 12.8. The Balaban J connectivity index is 1.58. The van der Waals surface area contributed by atoms with Gasteiger partial charge in [0, 0.05) is 36.3 Å². The minimum absolute atomic E-state index is 0.242. The second-order valence-electron chi connectivity index (χ2n) is 5.16. The van der Waals surface area contributed by atoms with Gasteiger partial charge < -0.3 is 10.1 Å². The number of aromatic nitrogens is 3. The SMILES string of the molecule is O=C(Nc1ccc2ncccc2c1)c1cc2n(n1)CCCO2. The number of anilines is 1. The average molecular weight is 294 g/mol. The van der Waals surface area contributed by atoms with Crippen LogP contribution in [0.3, 0.4) is 0 Å². The maximum atomic E-state index is 12.3. The molecule has 1 aliphatic rings. The number of ether oxygens (including phenoxy) is 1. The van der Waals surface area contributed by atoms with E-state index in [4.69, 9.17) is 4.74 Å². The zero-order valence-electron chi connectivity index (χ0n) is 11.8. The predicted octanol–water partition coefficient (Wildman–Crippen LogP) is 2.47. The van der Waals surface area contributed by atoms with Crippen LogP contribution in [0.5, 0.6) is 5.88 Å². The first-order valence-electron chi connectivity index (χ1n) is 7.16. The van der Waals surface area contributed by atoms with Gasteiger partial charge in [-0.15, -0.1) is 0 Å². The maximum Gasteiger partial charge on any atom is 0.276 e. The summed E-state index contributed by atoms with van der Waals surface area (Å²) in [6.07, 6.45) is 2.66. The van der Waals surface area contributed by atoms with Crippen LogP contribution in [0.25, 0.3) is 10.9 Å². The van der Waals surface area contributed by atoms with Gasteiger partial charge in [0.25, 0.3) is 5.91 Å². The number of nitrogens with one attached hydrogen (secondary N) is 1. The standard InChI is InChI=1S/C16H14N4O2/c21-16(14-10-15-20(19-14)7-2-8-22-15)18-12-4-5-13-11(9-12)3-1-6-17-13/h1,3-6,9-10H,2,7-8H2,(H,18,21). The van der Waals surface area contributed by atoms with Crippen LogP contribution < -0.4 is 10.1 Å². The van der Waals surface area contributed by atoms with E-state index < -0.39 is 0 Å². The Morgan fingerprint density at radius 1 is 1.27 bits per heavy atom. The third kappa shape index (κ3) is 2.28. The normalized spacial score (nSPS) is 13.5. The van der Waals surface area contributed by atoms with E-state index in [1.165, 1.54) is 0 Å². The largest absolute Gasteiger partial charge is 0.478 e. The fourth-order valence-corrected chi connectivity index (χ4v) is 2.53. The fraction of sp³-hybridized carbons (Fsp3) is 0.188.